The molecule has 202 valence electrons. The normalized spacial score (nSPS) is 13.4. The summed E-state index contributed by atoms with van der Waals surface area (Å²) >= 11 is 5.72. The van der Waals surface area contributed by atoms with Crippen molar-refractivity contribution in [2.75, 3.05) is 21.7 Å². The van der Waals surface area contributed by atoms with Gasteiger partial charge in [-0.25, -0.2) is 0 Å². The quantitative estimate of drug-likeness (QED) is 0.490. The molecule has 0 saturated heterocycles. The highest BCUT2D eigenvalue weighted by Crippen LogP contribution is 2.37. The molecule has 0 aliphatic heterocycles. The summed E-state index contributed by atoms with van der Waals surface area (Å²) in [5.74, 6) is -3.35. The lowest BCUT2D eigenvalue weighted by Gasteiger charge is -2.31. The molecule has 7 nitrogen and oxygen atoms in total. The Kier molecular flexibility index (Phi) is 9.90. The van der Waals surface area contributed by atoms with Gasteiger partial charge in [0.15, 0.2) is 0 Å². The molecule has 2 aromatic rings. The van der Waals surface area contributed by atoms with E-state index in [-0.39, 0.29) is 5.69 Å². The molecule has 0 heterocycles. The van der Waals surface area contributed by atoms with E-state index in [1.165, 1.54) is 13.0 Å². The van der Waals surface area contributed by atoms with Crippen molar-refractivity contribution in [1.29, 1.82) is 0 Å². The molecule has 0 radical (unpaired) electrons. The Balaban J connectivity index is 2.29. The van der Waals surface area contributed by atoms with Crippen molar-refractivity contribution in [2.24, 2.45) is 0 Å². The number of halogens is 4. The average molecular weight is 560 g/mol. The van der Waals surface area contributed by atoms with E-state index < -0.39 is 68.4 Å². The lowest BCUT2D eigenvalue weighted by atomic mass is 10.1. The van der Waals surface area contributed by atoms with Gasteiger partial charge in [0.2, 0.25) is 17.7 Å². The van der Waals surface area contributed by atoms with Crippen LogP contribution in [0.25, 0.3) is 0 Å². The Bertz CT molecular complexity index is 1180. The van der Waals surface area contributed by atoms with Crippen LogP contribution in [-0.4, -0.2) is 45.0 Å². The van der Waals surface area contributed by atoms with E-state index in [0.717, 1.165) is 16.5 Å². The van der Waals surface area contributed by atoms with Crippen molar-refractivity contribution in [2.45, 2.75) is 52.4 Å². The van der Waals surface area contributed by atoms with Crippen LogP contribution in [0.5, 0.6) is 0 Å². The third kappa shape index (κ3) is 9.15. The molecule has 0 aromatic heterocycles. The lowest BCUT2D eigenvalue weighted by Crippen LogP contribution is -2.53. The van der Waals surface area contributed by atoms with Crippen molar-refractivity contribution < 1.29 is 31.8 Å². The Morgan fingerprint density at radius 3 is 2.16 bits per heavy atom. The highest BCUT2D eigenvalue weighted by molar-refractivity contribution is 7.86. The summed E-state index contributed by atoms with van der Waals surface area (Å²) in [6.45, 7) is 8.33. The molecule has 2 aromatic carbocycles. The molecule has 0 spiro atoms. The van der Waals surface area contributed by atoms with Crippen LogP contribution in [-0.2, 0) is 31.4 Å². The molecule has 2 rings (SSSR count). The second kappa shape index (κ2) is 12.1. The first-order valence-electron chi connectivity index (χ1n) is 11.2. The number of alkyl halides is 3. The van der Waals surface area contributed by atoms with Crippen LogP contribution < -0.4 is 15.5 Å². The number of hydrogen-bond acceptors (Lipinski definition) is 4. The van der Waals surface area contributed by atoms with E-state index >= 15 is 0 Å². The lowest BCUT2D eigenvalue weighted by molar-refractivity contribution is -0.137. The minimum atomic E-state index is -4.81. The summed E-state index contributed by atoms with van der Waals surface area (Å²) in [4.78, 5) is 39.1. The molecule has 2 atom stereocenters. The monoisotopic (exact) mass is 559 g/mol. The summed E-state index contributed by atoms with van der Waals surface area (Å²) < 4.78 is 53.1. The van der Waals surface area contributed by atoms with Crippen molar-refractivity contribution in [3.63, 3.8) is 0 Å². The molecule has 0 saturated carbocycles. The number of nitrogens with zero attached hydrogens (tertiary/aromatic N) is 1. The van der Waals surface area contributed by atoms with Gasteiger partial charge in [-0.15, -0.1) is 0 Å². The standard InChI is InChI=1S/C25H29ClF3N3O4S/c1-15-6-8-17(9-7-15)30-21(33)13-37(36)14-22(34)32(16(2)23(35)31-24(3,4)5)18-10-11-20(26)19(12-18)25(27,28)29/h6-12,16H,13-14H2,1-5H3,(H,30,33)(H,31,35)/t16-,37-/m1/s1. The van der Waals surface area contributed by atoms with Crippen LogP contribution in [0.2, 0.25) is 5.02 Å². The van der Waals surface area contributed by atoms with E-state index in [4.69, 9.17) is 11.6 Å². The number of hydrogen-bond donors (Lipinski definition) is 2. The number of amides is 3. The zero-order valence-electron chi connectivity index (χ0n) is 21.0. The van der Waals surface area contributed by atoms with Gasteiger partial charge in [0.05, 0.1) is 10.6 Å². The molecular formula is C25H29ClF3N3O4S. The van der Waals surface area contributed by atoms with E-state index in [1.54, 1.807) is 45.0 Å². The van der Waals surface area contributed by atoms with Gasteiger partial charge in [-0.05, 0) is 65.0 Å². The third-order valence-corrected chi connectivity index (χ3v) is 6.46. The Morgan fingerprint density at radius 2 is 1.62 bits per heavy atom. The summed E-state index contributed by atoms with van der Waals surface area (Å²) in [6, 6.07) is 8.43. The second-order valence-corrected chi connectivity index (χ2v) is 11.3. The molecule has 0 aliphatic rings. The Labute approximate surface area is 221 Å². The molecule has 37 heavy (non-hydrogen) atoms. The fourth-order valence-corrected chi connectivity index (χ4v) is 4.40. The third-order valence-electron chi connectivity index (χ3n) is 4.98. The average Bonchev–Trinajstić information content (AvgIpc) is 2.74. The number of nitrogens with one attached hydrogen (secondary N) is 2. The minimum absolute atomic E-state index is 0.251. The fraction of sp³-hybridized carbons (Fsp3) is 0.400. The van der Waals surface area contributed by atoms with Crippen molar-refractivity contribution >= 4 is 51.5 Å². The maximum absolute atomic E-state index is 13.5. The van der Waals surface area contributed by atoms with E-state index in [9.17, 15) is 31.8 Å². The highest BCUT2D eigenvalue weighted by Gasteiger charge is 2.36. The zero-order valence-corrected chi connectivity index (χ0v) is 22.6. The highest BCUT2D eigenvalue weighted by atomic mass is 35.5. The molecular weight excluding hydrogens is 531 g/mol. The minimum Gasteiger partial charge on any atom is -0.350 e. The number of benzene rings is 2. The number of carbonyl (C=O) groups is 3. The topological polar surface area (TPSA) is 95.6 Å². The smallest absolute Gasteiger partial charge is 0.350 e. The number of aryl methyl sites for hydroxylation is 1. The van der Waals surface area contributed by atoms with Gasteiger partial charge >= 0.3 is 6.18 Å². The van der Waals surface area contributed by atoms with Crippen LogP contribution in [0.4, 0.5) is 24.5 Å². The molecule has 12 heteroatoms. The zero-order chi connectivity index (χ0) is 28.1. The van der Waals surface area contributed by atoms with Crippen LogP contribution in [0, 0.1) is 6.92 Å². The van der Waals surface area contributed by atoms with Gasteiger partial charge in [0, 0.05) is 27.7 Å². The maximum Gasteiger partial charge on any atom is 0.417 e. The van der Waals surface area contributed by atoms with Crippen LogP contribution in [0.1, 0.15) is 38.8 Å². The van der Waals surface area contributed by atoms with Gasteiger partial charge in [-0.3, -0.25) is 23.5 Å². The van der Waals surface area contributed by atoms with Gasteiger partial charge < -0.3 is 10.6 Å². The molecule has 0 unspecified atom stereocenters. The number of rotatable bonds is 8. The van der Waals surface area contributed by atoms with E-state index in [2.05, 4.69) is 10.6 Å². The Morgan fingerprint density at radius 1 is 1.03 bits per heavy atom. The van der Waals surface area contributed by atoms with Gasteiger partial charge in [-0.1, -0.05) is 29.3 Å². The molecule has 3 amide bonds. The van der Waals surface area contributed by atoms with Crippen LogP contribution >= 0.6 is 11.6 Å². The van der Waals surface area contributed by atoms with E-state index in [0.29, 0.717) is 11.8 Å². The van der Waals surface area contributed by atoms with Gasteiger partial charge in [0.25, 0.3) is 0 Å². The first-order valence-corrected chi connectivity index (χ1v) is 13.1. The molecule has 2 N–H and O–H groups in total. The first-order chi connectivity index (χ1) is 17.0. The maximum atomic E-state index is 13.5. The van der Waals surface area contributed by atoms with Gasteiger partial charge in [0.1, 0.15) is 17.5 Å². The second-order valence-electron chi connectivity index (χ2n) is 9.48. The van der Waals surface area contributed by atoms with Crippen molar-refractivity contribution in [3.05, 3.63) is 58.6 Å². The van der Waals surface area contributed by atoms with Crippen molar-refractivity contribution in [3.8, 4) is 0 Å². The molecule has 0 fully saturated rings. The SMILES string of the molecule is Cc1ccc(NC(=O)C[S@@](=O)CC(=O)N(c2ccc(Cl)c(C(F)(F)F)c2)[C@H](C)C(=O)NC(C)(C)C)cc1. The summed E-state index contributed by atoms with van der Waals surface area (Å²) in [5, 5.41) is 4.67. The van der Waals surface area contributed by atoms with Gasteiger partial charge in [-0.2, -0.15) is 13.2 Å². The van der Waals surface area contributed by atoms with E-state index in [1.807, 2.05) is 6.92 Å². The largest absolute Gasteiger partial charge is 0.417 e. The number of anilines is 2. The number of carbonyl (C=O) groups excluding carboxylic acids is 3. The predicted octanol–water partition coefficient (Wildman–Crippen LogP) is 4.69. The van der Waals surface area contributed by atoms with Crippen LogP contribution in [0.15, 0.2) is 42.5 Å². The summed E-state index contributed by atoms with van der Waals surface area (Å²) in [6.07, 6.45) is -4.81. The first kappa shape index (κ1) is 30.3. The summed E-state index contributed by atoms with van der Waals surface area (Å²) in [5.41, 5.74) is -0.666. The van der Waals surface area contributed by atoms with Crippen LogP contribution in [0.3, 0.4) is 0 Å². The molecule has 0 bridgehead atoms. The molecule has 0 aliphatic carbocycles. The summed E-state index contributed by atoms with van der Waals surface area (Å²) in [7, 11) is -2.01. The fourth-order valence-electron chi connectivity index (χ4n) is 3.29. The van der Waals surface area contributed by atoms with Crippen molar-refractivity contribution in [1.82, 2.24) is 5.32 Å². The predicted molar refractivity (Wildman–Crippen MR) is 139 cm³/mol. The Hall–Kier alpha value is -2.92.